The van der Waals surface area contributed by atoms with Crippen molar-refractivity contribution in [1.29, 1.82) is 5.26 Å². The van der Waals surface area contributed by atoms with Gasteiger partial charge in [0.2, 0.25) is 0 Å². The van der Waals surface area contributed by atoms with Crippen LogP contribution in [0.5, 0.6) is 0 Å². The van der Waals surface area contributed by atoms with E-state index in [0.29, 0.717) is 6.07 Å². The molecule has 0 spiro atoms. The van der Waals surface area contributed by atoms with Crippen LogP contribution in [0.2, 0.25) is 0 Å². The molecular formula is C9H4F3NO2. The molecule has 0 saturated heterocycles. The number of aliphatic carboxylic acids is 1. The summed E-state index contributed by atoms with van der Waals surface area (Å²) in [7, 11) is 0. The van der Waals surface area contributed by atoms with Gasteiger partial charge in [-0.15, -0.1) is 0 Å². The van der Waals surface area contributed by atoms with Gasteiger partial charge in [-0.1, -0.05) is 0 Å². The molecule has 0 radical (unpaired) electrons. The minimum Gasteiger partial charge on any atom is -0.481 e. The highest BCUT2D eigenvalue weighted by atomic mass is 19.2. The molecule has 1 N–H and O–H groups in total. The van der Waals surface area contributed by atoms with E-state index in [9.17, 15) is 18.0 Å². The number of carbonyl (C=O) groups is 1. The maximum absolute atomic E-state index is 13.0. The van der Waals surface area contributed by atoms with E-state index in [1.165, 1.54) is 6.07 Å². The third kappa shape index (κ3) is 2.07. The first-order valence-corrected chi connectivity index (χ1v) is 3.75. The lowest BCUT2D eigenvalue weighted by Crippen LogP contribution is -2.08. The Morgan fingerprint density at radius 2 is 2.00 bits per heavy atom. The van der Waals surface area contributed by atoms with Crippen molar-refractivity contribution in [3.63, 3.8) is 0 Å². The highest BCUT2D eigenvalue weighted by Crippen LogP contribution is 2.20. The summed E-state index contributed by atoms with van der Waals surface area (Å²) in [5.74, 6) is -5.89. The van der Waals surface area contributed by atoms with Crippen LogP contribution in [0.4, 0.5) is 13.2 Å². The van der Waals surface area contributed by atoms with E-state index >= 15 is 0 Å². The Balaban J connectivity index is 3.37. The summed E-state index contributed by atoms with van der Waals surface area (Å²) in [5.41, 5.74) is -1.68. The molecule has 0 aliphatic carbocycles. The number of nitrogens with zero attached hydrogens (tertiary/aromatic N) is 1. The molecule has 78 valence electrons. The number of halogens is 3. The summed E-state index contributed by atoms with van der Waals surface area (Å²) < 4.78 is 39.0. The van der Waals surface area contributed by atoms with Crippen LogP contribution in [0, 0.1) is 28.8 Å². The Morgan fingerprint density at radius 1 is 1.40 bits per heavy atom. The van der Waals surface area contributed by atoms with E-state index in [2.05, 4.69) is 0 Å². The number of hydrogen-bond donors (Lipinski definition) is 1. The van der Waals surface area contributed by atoms with Crippen LogP contribution in [0.3, 0.4) is 0 Å². The van der Waals surface area contributed by atoms with Crippen LogP contribution in [-0.2, 0) is 11.2 Å². The first-order chi connectivity index (χ1) is 6.97. The Kier molecular flexibility index (Phi) is 2.95. The molecule has 1 aromatic rings. The number of hydrogen-bond acceptors (Lipinski definition) is 2. The number of benzene rings is 1. The van der Waals surface area contributed by atoms with E-state index in [4.69, 9.17) is 10.4 Å². The summed E-state index contributed by atoms with van der Waals surface area (Å²) >= 11 is 0. The smallest absolute Gasteiger partial charge is 0.308 e. The van der Waals surface area contributed by atoms with Gasteiger partial charge in [0.05, 0.1) is 12.0 Å². The van der Waals surface area contributed by atoms with Crippen molar-refractivity contribution in [2.75, 3.05) is 0 Å². The molecular weight excluding hydrogens is 211 g/mol. The Hall–Kier alpha value is -2.03. The fourth-order valence-corrected chi connectivity index (χ4v) is 1.03. The summed E-state index contributed by atoms with van der Waals surface area (Å²) in [6.45, 7) is 0. The monoisotopic (exact) mass is 215 g/mol. The maximum Gasteiger partial charge on any atom is 0.308 e. The zero-order valence-electron chi connectivity index (χ0n) is 7.22. The van der Waals surface area contributed by atoms with E-state index in [1.54, 1.807) is 0 Å². The number of nitriles is 1. The van der Waals surface area contributed by atoms with Crippen LogP contribution in [-0.4, -0.2) is 11.1 Å². The van der Waals surface area contributed by atoms with Crippen LogP contribution in [0.15, 0.2) is 6.07 Å². The van der Waals surface area contributed by atoms with Crippen molar-refractivity contribution in [1.82, 2.24) is 0 Å². The fraction of sp³-hybridized carbons (Fsp3) is 0.111. The minimum absolute atomic E-state index is 0.469. The minimum atomic E-state index is -1.63. The summed E-state index contributed by atoms with van der Waals surface area (Å²) in [6, 6.07) is 1.72. The van der Waals surface area contributed by atoms with Crippen molar-refractivity contribution in [3.05, 3.63) is 34.6 Å². The highest BCUT2D eigenvalue weighted by Gasteiger charge is 2.20. The normalized spacial score (nSPS) is 9.73. The second-order valence-corrected chi connectivity index (χ2v) is 2.69. The molecule has 0 aliphatic heterocycles. The first-order valence-electron chi connectivity index (χ1n) is 3.75. The van der Waals surface area contributed by atoms with Crippen molar-refractivity contribution in [3.8, 4) is 6.07 Å². The molecule has 0 bridgehead atoms. The molecule has 0 heterocycles. The Morgan fingerprint density at radius 3 is 2.47 bits per heavy atom. The molecule has 0 saturated carbocycles. The van der Waals surface area contributed by atoms with Gasteiger partial charge in [0, 0.05) is 5.56 Å². The van der Waals surface area contributed by atoms with Gasteiger partial charge in [0.25, 0.3) is 0 Å². The van der Waals surface area contributed by atoms with Gasteiger partial charge in [-0.05, 0) is 6.07 Å². The van der Waals surface area contributed by atoms with Gasteiger partial charge >= 0.3 is 5.97 Å². The molecule has 1 rings (SSSR count). The average Bonchev–Trinajstić information content (AvgIpc) is 2.18. The predicted octanol–water partition coefficient (Wildman–Crippen LogP) is 1.60. The van der Waals surface area contributed by atoms with Gasteiger partial charge in [-0.3, -0.25) is 4.79 Å². The molecule has 0 amide bonds. The van der Waals surface area contributed by atoms with Crippen molar-refractivity contribution >= 4 is 5.97 Å². The maximum atomic E-state index is 13.0. The largest absolute Gasteiger partial charge is 0.481 e. The van der Waals surface area contributed by atoms with E-state index in [0.717, 1.165) is 0 Å². The van der Waals surface area contributed by atoms with E-state index in [1.807, 2.05) is 0 Å². The van der Waals surface area contributed by atoms with Crippen molar-refractivity contribution in [2.24, 2.45) is 0 Å². The van der Waals surface area contributed by atoms with Crippen molar-refractivity contribution < 1.29 is 23.1 Å². The lowest BCUT2D eigenvalue weighted by molar-refractivity contribution is -0.136. The SMILES string of the molecule is N#Cc1cc(F)c(CC(=O)O)c(F)c1F. The Bertz CT molecular complexity index is 465. The van der Waals surface area contributed by atoms with Gasteiger partial charge in [0.1, 0.15) is 11.9 Å². The second kappa shape index (κ2) is 4.00. The summed E-state index contributed by atoms with van der Waals surface area (Å²) in [4.78, 5) is 10.2. The topological polar surface area (TPSA) is 61.1 Å². The third-order valence-electron chi connectivity index (χ3n) is 1.70. The van der Waals surface area contributed by atoms with Crippen LogP contribution >= 0.6 is 0 Å². The number of rotatable bonds is 2. The van der Waals surface area contributed by atoms with Crippen LogP contribution in [0.25, 0.3) is 0 Å². The molecule has 0 fully saturated rings. The predicted molar refractivity (Wildman–Crippen MR) is 42.4 cm³/mol. The average molecular weight is 215 g/mol. The molecule has 6 heteroatoms. The third-order valence-corrected chi connectivity index (χ3v) is 1.70. The highest BCUT2D eigenvalue weighted by molar-refractivity contribution is 5.70. The molecule has 1 aromatic carbocycles. The molecule has 3 nitrogen and oxygen atoms in total. The number of carboxylic acids is 1. The zero-order chi connectivity index (χ0) is 11.6. The summed E-state index contributed by atoms with van der Waals surface area (Å²) in [6.07, 6.45) is -0.972. The van der Waals surface area contributed by atoms with Gasteiger partial charge in [-0.2, -0.15) is 5.26 Å². The van der Waals surface area contributed by atoms with E-state index < -0.39 is 41.0 Å². The zero-order valence-corrected chi connectivity index (χ0v) is 7.22. The fourth-order valence-electron chi connectivity index (χ4n) is 1.03. The number of carboxylic acid groups (broad SMARTS) is 1. The standard InChI is InChI=1S/C9H4F3NO2/c10-6-1-4(3-13)8(11)9(12)5(6)2-7(14)15/h1H,2H2,(H,14,15). The van der Waals surface area contributed by atoms with E-state index in [-0.39, 0.29) is 0 Å². The molecule has 0 aliphatic rings. The molecule has 0 unspecified atom stereocenters. The van der Waals surface area contributed by atoms with Crippen LogP contribution < -0.4 is 0 Å². The van der Waals surface area contributed by atoms with Gasteiger partial charge in [-0.25, -0.2) is 13.2 Å². The van der Waals surface area contributed by atoms with Crippen molar-refractivity contribution in [2.45, 2.75) is 6.42 Å². The first kappa shape index (κ1) is 11.0. The lowest BCUT2D eigenvalue weighted by atomic mass is 10.1. The van der Waals surface area contributed by atoms with Gasteiger partial charge < -0.3 is 5.11 Å². The molecule has 0 aromatic heterocycles. The quantitative estimate of drug-likeness (QED) is 0.762. The molecule has 15 heavy (non-hydrogen) atoms. The second-order valence-electron chi connectivity index (χ2n) is 2.69. The van der Waals surface area contributed by atoms with Gasteiger partial charge in [0.15, 0.2) is 11.6 Å². The lowest BCUT2D eigenvalue weighted by Gasteiger charge is -2.04. The summed E-state index contributed by atoms with van der Waals surface area (Å²) in [5, 5.41) is 16.6. The molecule has 0 atom stereocenters. The van der Waals surface area contributed by atoms with Crippen LogP contribution in [0.1, 0.15) is 11.1 Å². The Labute approximate surface area is 82.4 Å².